The van der Waals surface area contributed by atoms with Crippen LogP contribution in [0.3, 0.4) is 0 Å². The molecule has 0 radical (unpaired) electrons. The normalized spacial score (nSPS) is 15.6. The average Bonchev–Trinajstić information content (AvgIpc) is 2.56. The maximum absolute atomic E-state index is 11.6. The molecule has 5 nitrogen and oxygen atoms in total. The topological polar surface area (TPSA) is 75.6 Å². The van der Waals surface area contributed by atoms with Gasteiger partial charge < -0.3 is 15.2 Å². The van der Waals surface area contributed by atoms with E-state index in [0.717, 1.165) is 6.08 Å². The first-order valence-corrected chi connectivity index (χ1v) is 5.15. The summed E-state index contributed by atoms with van der Waals surface area (Å²) in [6.45, 7) is 2.36. The number of rotatable bonds is 3. The molecular weight excluding hydrogens is 222 g/mol. The molecule has 1 aromatic carbocycles. The molecule has 1 aliphatic rings. The van der Waals surface area contributed by atoms with E-state index in [1.54, 1.807) is 18.2 Å². The smallest absolute Gasteiger partial charge is 0.329 e. The minimum Gasteiger partial charge on any atom is -0.494 e. The third kappa shape index (κ3) is 2.13. The first-order valence-electron chi connectivity index (χ1n) is 5.15. The molecule has 1 heterocycles. The fourth-order valence-electron chi connectivity index (χ4n) is 1.69. The number of hydrogen-bond donors (Lipinski definition) is 2. The highest BCUT2D eigenvalue weighted by Crippen LogP contribution is 2.34. The summed E-state index contributed by atoms with van der Waals surface area (Å²) in [5, 5.41) is 11.3. The maximum Gasteiger partial charge on any atom is 0.329 e. The van der Waals surface area contributed by atoms with Crippen LogP contribution < -0.4 is 10.1 Å². The largest absolute Gasteiger partial charge is 0.494 e. The Hall–Kier alpha value is -2.30. The maximum atomic E-state index is 11.6. The summed E-state index contributed by atoms with van der Waals surface area (Å²) in [5.74, 6) is -0.945. The Bertz CT molecular complexity index is 519. The molecule has 2 N–H and O–H groups in total. The average molecular weight is 233 g/mol. The van der Waals surface area contributed by atoms with E-state index in [9.17, 15) is 9.59 Å². The van der Waals surface area contributed by atoms with E-state index in [2.05, 4.69) is 5.32 Å². The third-order valence-corrected chi connectivity index (χ3v) is 2.35. The van der Waals surface area contributed by atoms with Gasteiger partial charge in [-0.1, -0.05) is 0 Å². The molecule has 5 heteroatoms. The summed E-state index contributed by atoms with van der Waals surface area (Å²) in [4.78, 5) is 22.2. The number of nitrogens with one attached hydrogen (secondary N) is 1. The SMILES string of the molecule is CCOc1ccc2c(c1)/C(=C/C(=O)O)C(=O)N2. The first-order chi connectivity index (χ1) is 8.11. The zero-order valence-corrected chi connectivity index (χ0v) is 9.19. The Morgan fingerprint density at radius 2 is 2.29 bits per heavy atom. The van der Waals surface area contributed by atoms with Crippen molar-refractivity contribution >= 4 is 23.1 Å². The molecule has 0 unspecified atom stereocenters. The van der Waals surface area contributed by atoms with Crippen molar-refractivity contribution in [3.63, 3.8) is 0 Å². The van der Waals surface area contributed by atoms with Gasteiger partial charge in [0.1, 0.15) is 5.75 Å². The van der Waals surface area contributed by atoms with Gasteiger partial charge >= 0.3 is 5.97 Å². The van der Waals surface area contributed by atoms with Crippen LogP contribution in [0.1, 0.15) is 12.5 Å². The molecule has 0 aliphatic carbocycles. The first kappa shape index (κ1) is 11.2. The second kappa shape index (κ2) is 4.29. The minimum atomic E-state index is -1.15. The molecule has 0 spiro atoms. The highest BCUT2D eigenvalue weighted by Gasteiger charge is 2.25. The van der Waals surface area contributed by atoms with E-state index in [-0.39, 0.29) is 5.57 Å². The third-order valence-electron chi connectivity index (χ3n) is 2.35. The molecule has 1 aliphatic heterocycles. The van der Waals surface area contributed by atoms with Crippen LogP contribution in [0, 0.1) is 0 Å². The van der Waals surface area contributed by atoms with Crippen LogP contribution in [-0.2, 0) is 9.59 Å². The van der Waals surface area contributed by atoms with Gasteiger partial charge in [-0.2, -0.15) is 0 Å². The van der Waals surface area contributed by atoms with Crippen LogP contribution in [0.25, 0.3) is 5.57 Å². The Labute approximate surface area is 97.7 Å². The van der Waals surface area contributed by atoms with Crippen molar-refractivity contribution in [2.75, 3.05) is 11.9 Å². The second-order valence-corrected chi connectivity index (χ2v) is 3.49. The van der Waals surface area contributed by atoms with Crippen LogP contribution in [0.4, 0.5) is 5.69 Å². The second-order valence-electron chi connectivity index (χ2n) is 3.49. The van der Waals surface area contributed by atoms with Crippen molar-refractivity contribution in [3.05, 3.63) is 29.8 Å². The number of ether oxygens (including phenoxy) is 1. The van der Waals surface area contributed by atoms with Gasteiger partial charge in [0.2, 0.25) is 0 Å². The van der Waals surface area contributed by atoms with Crippen LogP contribution in [-0.4, -0.2) is 23.6 Å². The molecule has 0 aromatic heterocycles. The highest BCUT2D eigenvalue weighted by molar-refractivity contribution is 6.33. The van der Waals surface area contributed by atoms with Crippen molar-refractivity contribution in [2.24, 2.45) is 0 Å². The molecule has 0 bridgehead atoms. The van der Waals surface area contributed by atoms with Gasteiger partial charge in [-0.05, 0) is 25.1 Å². The number of benzene rings is 1. The Balaban J connectivity index is 2.46. The molecule has 1 amide bonds. The standard InChI is InChI=1S/C12H11NO4/c1-2-17-7-3-4-10-8(5-7)9(6-11(14)15)12(16)13-10/h3-6H,2H2,1H3,(H,13,16)(H,14,15)/b9-6-. The van der Waals surface area contributed by atoms with Gasteiger partial charge in [-0.15, -0.1) is 0 Å². The summed E-state index contributed by atoms with van der Waals surface area (Å²) in [6, 6.07) is 5.08. The lowest BCUT2D eigenvalue weighted by atomic mass is 10.1. The Kier molecular flexibility index (Phi) is 2.82. The number of carboxylic acid groups (broad SMARTS) is 1. The van der Waals surface area contributed by atoms with Crippen molar-refractivity contribution in [2.45, 2.75) is 6.92 Å². The van der Waals surface area contributed by atoms with E-state index in [1.807, 2.05) is 6.92 Å². The van der Waals surface area contributed by atoms with E-state index >= 15 is 0 Å². The zero-order chi connectivity index (χ0) is 12.4. The molecule has 1 aromatic rings. The van der Waals surface area contributed by atoms with Gasteiger partial charge in [0, 0.05) is 17.3 Å². The highest BCUT2D eigenvalue weighted by atomic mass is 16.5. The summed E-state index contributed by atoms with van der Waals surface area (Å²) in [6.07, 6.45) is 0.900. The van der Waals surface area contributed by atoms with Gasteiger partial charge in [-0.25, -0.2) is 4.79 Å². The van der Waals surface area contributed by atoms with Crippen molar-refractivity contribution in [3.8, 4) is 5.75 Å². The summed E-state index contributed by atoms with van der Waals surface area (Å²) in [7, 11) is 0. The van der Waals surface area contributed by atoms with E-state index < -0.39 is 11.9 Å². The predicted octanol–water partition coefficient (Wildman–Crippen LogP) is 1.51. The molecule has 0 saturated heterocycles. The molecule has 0 saturated carbocycles. The number of carbonyl (C=O) groups is 2. The van der Waals surface area contributed by atoms with Crippen molar-refractivity contribution in [1.29, 1.82) is 0 Å². The van der Waals surface area contributed by atoms with Crippen LogP contribution in [0.5, 0.6) is 5.75 Å². The number of anilines is 1. The monoisotopic (exact) mass is 233 g/mol. The fraction of sp³-hybridized carbons (Fsp3) is 0.167. The zero-order valence-electron chi connectivity index (χ0n) is 9.19. The quantitative estimate of drug-likeness (QED) is 0.776. The van der Waals surface area contributed by atoms with Crippen molar-refractivity contribution in [1.82, 2.24) is 0 Å². The van der Waals surface area contributed by atoms with Gasteiger partial charge in [-0.3, -0.25) is 4.79 Å². The van der Waals surface area contributed by atoms with Crippen LogP contribution in [0.2, 0.25) is 0 Å². The summed E-state index contributed by atoms with van der Waals surface area (Å²) >= 11 is 0. The predicted molar refractivity (Wildman–Crippen MR) is 61.9 cm³/mol. The lowest BCUT2D eigenvalue weighted by Crippen LogP contribution is -2.05. The van der Waals surface area contributed by atoms with Gasteiger partial charge in [0.15, 0.2) is 0 Å². The summed E-state index contributed by atoms with van der Waals surface area (Å²) < 4.78 is 5.31. The number of amides is 1. The molecule has 17 heavy (non-hydrogen) atoms. The molecular formula is C12H11NO4. The van der Waals surface area contributed by atoms with E-state index in [0.29, 0.717) is 23.6 Å². The van der Waals surface area contributed by atoms with Crippen molar-refractivity contribution < 1.29 is 19.4 Å². The van der Waals surface area contributed by atoms with Crippen LogP contribution >= 0.6 is 0 Å². The number of carbonyl (C=O) groups excluding carboxylic acids is 1. The summed E-state index contributed by atoms with van der Waals surface area (Å²) in [5.41, 5.74) is 1.31. The van der Waals surface area contributed by atoms with E-state index in [1.165, 1.54) is 0 Å². The fourth-order valence-corrected chi connectivity index (χ4v) is 1.69. The number of fused-ring (bicyclic) bond motifs is 1. The van der Waals surface area contributed by atoms with Crippen LogP contribution in [0.15, 0.2) is 24.3 Å². The number of aliphatic carboxylic acids is 1. The number of hydrogen-bond acceptors (Lipinski definition) is 3. The molecule has 88 valence electrons. The minimum absolute atomic E-state index is 0.147. The molecule has 0 atom stereocenters. The Morgan fingerprint density at radius 1 is 1.53 bits per heavy atom. The molecule has 0 fully saturated rings. The molecule has 2 rings (SSSR count). The van der Waals surface area contributed by atoms with Gasteiger partial charge in [0.05, 0.1) is 12.2 Å². The Morgan fingerprint density at radius 3 is 2.94 bits per heavy atom. The lowest BCUT2D eigenvalue weighted by Gasteiger charge is -2.04. The lowest BCUT2D eigenvalue weighted by molar-refractivity contribution is -0.131. The van der Waals surface area contributed by atoms with Gasteiger partial charge in [0.25, 0.3) is 5.91 Å². The number of carboxylic acids is 1. The van der Waals surface area contributed by atoms with E-state index in [4.69, 9.17) is 9.84 Å².